The number of piperidine rings is 1. The summed E-state index contributed by atoms with van der Waals surface area (Å²) in [6.07, 6.45) is -3.87. The number of halogens is 4. The first-order chi connectivity index (χ1) is 15.6. The van der Waals surface area contributed by atoms with Crippen LogP contribution in [0.1, 0.15) is 18.4 Å². The Morgan fingerprint density at radius 2 is 1.82 bits per heavy atom. The highest BCUT2D eigenvalue weighted by Crippen LogP contribution is 2.44. The van der Waals surface area contributed by atoms with E-state index in [0.29, 0.717) is 6.07 Å². The third-order valence-corrected chi connectivity index (χ3v) is 7.88. The lowest BCUT2D eigenvalue weighted by Gasteiger charge is -2.33. The molecular formula is C17H24BrF3N4O7S2. The standard InChI is InChI=1S/C17H24BrF3N4O7S2/c1-33(28,29)32-9-8-23(7-4-18)16-14(17(19,20)21)10-13(25(26)27)11-15(16)34(30,31)24-5-2-12(22)3-6-24/h10-12H,2-9,22H2,1H3. The third kappa shape index (κ3) is 7.24. The fraction of sp³-hybridized carbons (Fsp3) is 0.647. The van der Waals surface area contributed by atoms with Gasteiger partial charge >= 0.3 is 6.18 Å². The Morgan fingerprint density at radius 3 is 2.29 bits per heavy atom. The second kappa shape index (κ2) is 11.0. The van der Waals surface area contributed by atoms with Crippen molar-refractivity contribution >= 4 is 47.4 Å². The number of nitrogens with zero attached hydrogens (tertiary/aromatic N) is 3. The predicted molar refractivity (Wildman–Crippen MR) is 121 cm³/mol. The van der Waals surface area contributed by atoms with Crippen LogP contribution in [0.3, 0.4) is 0 Å². The quantitative estimate of drug-likeness (QED) is 0.184. The van der Waals surface area contributed by atoms with Crippen molar-refractivity contribution in [2.24, 2.45) is 5.73 Å². The van der Waals surface area contributed by atoms with Gasteiger partial charge in [0.15, 0.2) is 0 Å². The highest BCUT2D eigenvalue weighted by molar-refractivity contribution is 9.09. The number of benzene rings is 1. The first-order valence-corrected chi connectivity index (χ1v) is 14.3. The van der Waals surface area contributed by atoms with Gasteiger partial charge in [-0.15, -0.1) is 0 Å². The summed E-state index contributed by atoms with van der Waals surface area (Å²) >= 11 is 3.09. The van der Waals surface area contributed by atoms with Crippen molar-refractivity contribution in [3.05, 3.63) is 27.8 Å². The van der Waals surface area contributed by atoms with Crippen LogP contribution < -0.4 is 10.6 Å². The molecule has 11 nitrogen and oxygen atoms in total. The molecule has 17 heteroatoms. The average molecular weight is 597 g/mol. The van der Waals surface area contributed by atoms with Gasteiger partial charge in [0, 0.05) is 49.7 Å². The van der Waals surface area contributed by atoms with Gasteiger partial charge in [-0.2, -0.15) is 25.9 Å². The van der Waals surface area contributed by atoms with Crippen molar-refractivity contribution in [3.8, 4) is 0 Å². The molecule has 1 fully saturated rings. The number of nitro benzene ring substituents is 1. The zero-order chi connectivity index (χ0) is 25.9. The molecule has 0 saturated carbocycles. The van der Waals surface area contributed by atoms with Gasteiger partial charge in [0.05, 0.1) is 29.0 Å². The van der Waals surface area contributed by atoms with Crippen molar-refractivity contribution in [1.82, 2.24) is 4.31 Å². The third-order valence-electron chi connectivity index (χ3n) is 5.02. The Labute approximate surface area is 203 Å². The maximum Gasteiger partial charge on any atom is 0.418 e. The van der Waals surface area contributed by atoms with Crippen LogP contribution >= 0.6 is 15.9 Å². The van der Waals surface area contributed by atoms with Gasteiger partial charge in [-0.05, 0) is 12.8 Å². The van der Waals surface area contributed by atoms with E-state index >= 15 is 0 Å². The van der Waals surface area contributed by atoms with Crippen LogP contribution in [-0.4, -0.2) is 76.5 Å². The normalized spacial score (nSPS) is 16.5. The number of non-ortho nitro benzene ring substituents is 1. The summed E-state index contributed by atoms with van der Waals surface area (Å²) in [6, 6.07) is 0.575. The van der Waals surface area contributed by atoms with E-state index in [-0.39, 0.29) is 49.9 Å². The van der Waals surface area contributed by atoms with Crippen molar-refractivity contribution in [1.29, 1.82) is 0 Å². The summed E-state index contributed by atoms with van der Waals surface area (Å²) in [6.45, 7) is -1.32. The Balaban J connectivity index is 2.75. The first-order valence-electron chi connectivity index (χ1n) is 9.88. The maximum atomic E-state index is 14.1. The number of anilines is 1. The molecule has 1 saturated heterocycles. The minimum atomic E-state index is -5.15. The minimum Gasteiger partial charge on any atom is -0.367 e. The molecule has 1 aliphatic rings. The molecule has 1 aromatic rings. The molecule has 1 heterocycles. The summed E-state index contributed by atoms with van der Waals surface area (Å²) in [5, 5.41) is 11.5. The topological polar surface area (TPSA) is 153 Å². The van der Waals surface area contributed by atoms with E-state index < -0.39 is 66.2 Å². The fourth-order valence-electron chi connectivity index (χ4n) is 3.43. The monoisotopic (exact) mass is 596 g/mol. The molecule has 0 radical (unpaired) electrons. The van der Waals surface area contributed by atoms with Crippen LogP contribution in [0.2, 0.25) is 0 Å². The van der Waals surface area contributed by atoms with Crippen molar-refractivity contribution in [2.45, 2.75) is 30.0 Å². The Hall–Kier alpha value is -1.53. The first kappa shape index (κ1) is 28.7. The maximum absolute atomic E-state index is 14.1. The Morgan fingerprint density at radius 1 is 1.24 bits per heavy atom. The fourth-order valence-corrected chi connectivity index (χ4v) is 5.96. The number of hydrogen-bond acceptors (Lipinski definition) is 9. The molecule has 0 spiro atoms. The van der Waals surface area contributed by atoms with E-state index in [1.807, 2.05) is 0 Å². The predicted octanol–water partition coefficient (Wildman–Crippen LogP) is 1.90. The van der Waals surface area contributed by atoms with Crippen LogP contribution in [-0.2, 0) is 30.5 Å². The molecule has 1 aromatic carbocycles. The van der Waals surface area contributed by atoms with Crippen LogP contribution in [0.4, 0.5) is 24.5 Å². The lowest BCUT2D eigenvalue weighted by Crippen LogP contribution is -2.43. The van der Waals surface area contributed by atoms with Crippen molar-refractivity contribution in [2.75, 3.05) is 49.3 Å². The smallest absolute Gasteiger partial charge is 0.367 e. The number of nitro groups is 1. The highest BCUT2D eigenvalue weighted by atomic mass is 79.9. The largest absolute Gasteiger partial charge is 0.418 e. The van der Waals surface area contributed by atoms with E-state index in [0.717, 1.165) is 15.5 Å². The van der Waals surface area contributed by atoms with Gasteiger partial charge in [-0.1, -0.05) is 15.9 Å². The van der Waals surface area contributed by atoms with Crippen LogP contribution in [0, 0.1) is 10.1 Å². The van der Waals surface area contributed by atoms with Crippen LogP contribution in [0.5, 0.6) is 0 Å². The summed E-state index contributed by atoms with van der Waals surface area (Å²) < 4.78 is 97.2. The van der Waals surface area contributed by atoms with Gasteiger partial charge in [0.1, 0.15) is 4.90 Å². The molecule has 2 N–H and O–H groups in total. The SMILES string of the molecule is CS(=O)(=O)OCCN(CCBr)c1c(C(F)(F)F)cc([N+](=O)[O-])cc1S(=O)(=O)N1CCC(N)CC1. The van der Waals surface area contributed by atoms with E-state index in [1.54, 1.807) is 0 Å². The summed E-state index contributed by atoms with van der Waals surface area (Å²) in [4.78, 5) is 10.4. The zero-order valence-electron chi connectivity index (χ0n) is 18.0. The second-order valence-electron chi connectivity index (χ2n) is 7.54. The van der Waals surface area contributed by atoms with Crippen LogP contribution in [0.15, 0.2) is 17.0 Å². The van der Waals surface area contributed by atoms with Crippen molar-refractivity contribution in [3.63, 3.8) is 0 Å². The number of nitrogens with two attached hydrogens (primary N) is 1. The molecule has 0 bridgehead atoms. The molecule has 34 heavy (non-hydrogen) atoms. The average Bonchev–Trinajstić information content (AvgIpc) is 2.71. The Bertz CT molecular complexity index is 1110. The van der Waals surface area contributed by atoms with Crippen LogP contribution in [0.25, 0.3) is 0 Å². The van der Waals surface area contributed by atoms with Gasteiger partial charge in [0.2, 0.25) is 10.0 Å². The van der Waals surface area contributed by atoms with E-state index in [4.69, 9.17) is 5.73 Å². The number of rotatable bonds is 10. The number of hydrogen-bond donors (Lipinski definition) is 1. The second-order valence-corrected chi connectivity index (χ2v) is 11.9. The molecule has 2 rings (SSSR count). The molecule has 0 amide bonds. The molecule has 0 atom stereocenters. The van der Waals surface area contributed by atoms with Gasteiger partial charge in [0.25, 0.3) is 15.8 Å². The van der Waals surface area contributed by atoms with Gasteiger partial charge < -0.3 is 10.6 Å². The highest BCUT2D eigenvalue weighted by Gasteiger charge is 2.42. The summed E-state index contributed by atoms with van der Waals surface area (Å²) in [7, 11) is -8.54. The minimum absolute atomic E-state index is 0.0668. The van der Waals surface area contributed by atoms with E-state index in [1.165, 1.54) is 0 Å². The molecular weight excluding hydrogens is 573 g/mol. The molecule has 0 aliphatic carbocycles. The molecule has 0 aromatic heterocycles. The van der Waals surface area contributed by atoms with E-state index in [2.05, 4.69) is 20.1 Å². The lowest BCUT2D eigenvalue weighted by molar-refractivity contribution is -0.385. The molecule has 0 unspecified atom stereocenters. The number of sulfonamides is 1. The van der Waals surface area contributed by atoms with E-state index in [9.17, 15) is 40.1 Å². The lowest BCUT2D eigenvalue weighted by atomic mass is 10.1. The van der Waals surface area contributed by atoms with Crippen molar-refractivity contribution < 1.29 is 39.1 Å². The molecule has 1 aliphatic heterocycles. The van der Waals surface area contributed by atoms with Gasteiger partial charge in [-0.25, -0.2) is 8.42 Å². The summed E-state index contributed by atoms with van der Waals surface area (Å²) in [5.74, 6) is 0. The summed E-state index contributed by atoms with van der Waals surface area (Å²) in [5.41, 5.74) is 2.40. The Kier molecular flexibility index (Phi) is 9.31. The number of alkyl halides is 4. The van der Waals surface area contributed by atoms with Gasteiger partial charge in [-0.3, -0.25) is 14.3 Å². The zero-order valence-corrected chi connectivity index (χ0v) is 21.2. The molecule has 194 valence electrons.